The first-order valence-electron chi connectivity index (χ1n) is 7.93. The third-order valence-corrected chi connectivity index (χ3v) is 4.40. The number of hydrogen-bond donors (Lipinski definition) is 1. The summed E-state index contributed by atoms with van der Waals surface area (Å²) in [6.45, 7) is 3.77. The van der Waals surface area contributed by atoms with Gasteiger partial charge in [-0.1, -0.05) is 23.2 Å². The number of phenolic OH excluding ortho intramolecular Hbond substituents is 1. The molecule has 1 heterocycles. The smallest absolute Gasteiger partial charge is 0.358 e. The molecule has 0 atom stereocenters. The Kier molecular flexibility index (Phi) is 5.20. The third kappa shape index (κ3) is 3.41. The zero-order chi connectivity index (χ0) is 18.8. The molecule has 0 amide bonds. The van der Waals surface area contributed by atoms with Gasteiger partial charge in [-0.25, -0.2) is 9.78 Å². The molecule has 5 nitrogen and oxygen atoms in total. The van der Waals surface area contributed by atoms with Crippen molar-refractivity contribution in [3.8, 4) is 22.8 Å². The summed E-state index contributed by atoms with van der Waals surface area (Å²) >= 11 is 12.4. The second kappa shape index (κ2) is 7.40. The fourth-order valence-corrected chi connectivity index (χ4v) is 3.16. The molecule has 0 radical (unpaired) electrons. The number of benzene rings is 2. The summed E-state index contributed by atoms with van der Waals surface area (Å²) in [6, 6.07) is 11.7. The van der Waals surface area contributed by atoms with E-state index in [2.05, 4.69) is 4.98 Å². The van der Waals surface area contributed by atoms with Gasteiger partial charge in [0.1, 0.15) is 11.6 Å². The molecule has 0 saturated carbocycles. The van der Waals surface area contributed by atoms with Crippen LogP contribution in [0.1, 0.15) is 23.1 Å². The maximum atomic E-state index is 12.3. The van der Waals surface area contributed by atoms with Gasteiger partial charge >= 0.3 is 5.97 Å². The van der Waals surface area contributed by atoms with Crippen molar-refractivity contribution in [3.05, 3.63) is 63.9 Å². The first-order valence-corrected chi connectivity index (χ1v) is 8.69. The number of rotatable bonds is 4. The predicted molar refractivity (Wildman–Crippen MR) is 101 cm³/mol. The van der Waals surface area contributed by atoms with E-state index >= 15 is 0 Å². The average Bonchev–Trinajstić information content (AvgIpc) is 2.93. The van der Waals surface area contributed by atoms with Crippen molar-refractivity contribution < 1.29 is 14.6 Å². The summed E-state index contributed by atoms with van der Waals surface area (Å²) in [5.41, 5.74) is 2.17. The highest BCUT2D eigenvalue weighted by Gasteiger charge is 2.23. The molecule has 0 aliphatic carbocycles. The summed E-state index contributed by atoms with van der Waals surface area (Å²) < 4.78 is 6.90. The van der Waals surface area contributed by atoms with E-state index in [9.17, 15) is 9.90 Å². The van der Waals surface area contributed by atoms with Crippen molar-refractivity contribution in [2.24, 2.45) is 0 Å². The molecule has 1 aromatic heterocycles. The van der Waals surface area contributed by atoms with E-state index in [0.717, 1.165) is 5.69 Å². The van der Waals surface area contributed by atoms with Crippen LogP contribution in [0.2, 0.25) is 10.0 Å². The lowest BCUT2D eigenvalue weighted by molar-refractivity contribution is 0.0519. The summed E-state index contributed by atoms with van der Waals surface area (Å²) in [5.74, 6) is 0.120. The largest absolute Gasteiger partial charge is 0.508 e. The van der Waals surface area contributed by atoms with E-state index in [1.54, 1.807) is 60.9 Å². The molecule has 0 fully saturated rings. The van der Waals surface area contributed by atoms with Gasteiger partial charge in [-0.2, -0.15) is 0 Å². The highest BCUT2D eigenvalue weighted by atomic mass is 35.5. The van der Waals surface area contributed by atoms with Gasteiger partial charge in [-0.3, -0.25) is 4.57 Å². The number of ether oxygens (including phenoxy) is 1. The van der Waals surface area contributed by atoms with Crippen molar-refractivity contribution in [1.29, 1.82) is 0 Å². The molecule has 0 aliphatic rings. The number of aromatic hydroxyl groups is 1. The minimum absolute atomic E-state index is 0.142. The minimum atomic E-state index is -0.506. The van der Waals surface area contributed by atoms with Gasteiger partial charge < -0.3 is 9.84 Å². The van der Waals surface area contributed by atoms with Crippen LogP contribution < -0.4 is 0 Å². The molecule has 26 heavy (non-hydrogen) atoms. The maximum Gasteiger partial charge on any atom is 0.358 e. The van der Waals surface area contributed by atoms with Gasteiger partial charge in [0.25, 0.3) is 0 Å². The van der Waals surface area contributed by atoms with Crippen molar-refractivity contribution >= 4 is 29.2 Å². The zero-order valence-electron chi connectivity index (χ0n) is 14.2. The lowest BCUT2D eigenvalue weighted by atomic mass is 10.2. The Hall–Kier alpha value is -2.50. The summed E-state index contributed by atoms with van der Waals surface area (Å²) in [7, 11) is 0. The Morgan fingerprint density at radius 2 is 1.88 bits per heavy atom. The molecule has 3 aromatic rings. The molecular formula is C19H16Cl2N2O3. The second-order valence-electron chi connectivity index (χ2n) is 5.57. The molecule has 0 bridgehead atoms. The van der Waals surface area contributed by atoms with Crippen molar-refractivity contribution in [1.82, 2.24) is 9.55 Å². The van der Waals surface area contributed by atoms with Gasteiger partial charge in [0.05, 0.1) is 17.3 Å². The van der Waals surface area contributed by atoms with E-state index in [0.29, 0.717) is 27.1 Å². The van der Waals surface area contributed by atoms with E-state index in [1.807, 2.05) is 0 Å². The fraction of sp³-hybridized carbons (Fsp3) is 0.158. The maximum absolute atomic E-state index is 12.3. The molecule has 0 saturated heterocycles. The van der Waals surface area contributed by atoms with Gasteiger partial charge in [-0.05, 0) is 56.3 Å². The van der Waals surface area contributed by atoms with Gasteiger partial charge in [0, 0.05) is 16.3 Å². The Morgan fingerprint density at radius 3 is 2.50 bits per heavy atom. The molecule has 3 rings (SSSR count). The Labute approximate surface area is 160 Å². The standard InChI is InChI=1S/C19H16Cl2N2O3/c1-3-26-19(25)17-11(2)23(13-5-7-14(24)8-6-13)18(22-17)15-9-4-12(20)10-16(15)21/h4-10,24H,3H2,1-2H3. The van der Waals surface area contributed by atoms with Gasteiger partial charge in [-0.15, -0.1) is 0 Å². The van der Waals surface area contributed by atoms with E-state index in [1.165, 1.54) is 0 Å². The fourth-order valence-electron chi connectivity index (χ4n) is 2.66. The number of carbonyl (C=O) groups excluding carboxylic acids is 1. The highest BCUT2D eigenvalue weighted by Crippen LogP contribution is 2.33. The van der Waals surface area contributed by atoms with Crippen LogP contribution in [0.3, 0.4) is 0 Å². The minimum Gasteiger partial charge on any atom is -0.508 e. The summed E-state index contributed by atoms with van der Waals surface area (Å²) in [4.78, 5) is 16.8. The van der Waals surface area contributed by atoms with Crippen LogP contribution in [0.4, 0.5) is 0 Å². The number of carbonyl (C=O) groups is 1. The summed E-state index contributed by atoms with van der Waals surface area (Å²) in [5, 5.41) is 10.5. The van der Waals surface area contributed by atoms with Crippen LogP contribution in [-0.2, 0) is 4.74 Å². The van der Waals surface area contributed by atoms with E-state index in [4.69, 9.17) is 27.9 Å². The van der Waals surface area contributed by atoms with Crippen LogP contribution in [0.5, 0.6) is 5.75 Å². The normalized spacial score (nSPS) is 10.8. The molecule has 134 valence electrons. The predicted octanol–water partition coefficient (Wildman–Crippen LogP) is 5.04. The van der Waals surface area contributed by atoms with Crippen LogP contribution in [-0.4, -0.2) is 27.2 Å². The monoisotopic (exact) mass is 390 g/mol. The average molecular weight is 391 g/mol. The molecule has 0 unspecified atom stereocenters. The van der Waals surface area contributed by atoms with Crippen molar-refractivity contribution in [2.75, 3.05) is 6.61 Å². The number of hydrogen-bond acceptors (Lipinski definition) is 4. The van der Waals surface area contributed by atoms with Crippen LogP contribution in [0.15, 0.2) is 42.5 Å². The van der Waals surface area contributed by atoms with Crippen LogP contribution >= 0.6 is 23.2 Å². The molecular weight excluding hydrogens is 375 g/mol. The van der Waals surface area contributed by atoms with Crippen LogP contribution in [0.25, 0.3) is 17.1 Å². The van der Waals surface area contributed by atoms with E-state index in [-0.39, 0.29) is 18.1 Å². The lowest BCUT2D eigenvalue weighted by Crippen LogP contribution is -2.07. The number of imidazole rings is 1. The molecule has 7 heteroatoms. The Balaban J connectivity index is 2.26. The van der Waals surface area contributed by atoms with Gasteiger partial charge in [0.15, 0.2) is 5.69 Å². The molecule has 2 aromatic carbocycles. The Bertz CT molecular complexity index is 966. The highest BCUT2D eigenvalue weighted by molar-refractivity contribution is 6.36. The third-order valence-electron chi connectivity index (χ3n) is 3.86. The molecule has 0 spiro atoms. The Morgan fingerprint density at radius 1 is 1.19 bits per heavy atom. The first-order chi connectivity index (χ1) is 12.4. The number of nitrogens with zero attached hydrogens (tertiary/aromatic N) is 2. The van der Waals surface area contributed by atoms with E-state index < -0.39 is 5.97 Å². The SMILES string of the molecule is CCOC(=O)c1nc(-c2ccc(Cl)cc2Cl)n(-c2ccc(O)cc2)c1C. The van der Waals surface area contributed by atoms with Crippen molar-refractivity contribution in [2.45, 2.75) is 13.8 Å². The summed E-state index contributed by atoms with van der Waals surface area (Å²) in [6.07, 6.45) is 0. The van der Waals surface area contributed by atoms with Crippen molar-refractivity contribution in [3.63, 3.8) is 0 Å². The number of esters is 1. The topological polar surface area (TPSA) is 64.3 Å². The zero-order valence-corrected chi connectivity index (χ0v) is 15.7. The first kappa shape index (κ1) is 18.3. The molecule has 1 N–H and O–H groups in total. The number of aromatic nitrogens is 2. The number of phenols is 1. The second-order valence-corrected chi connectivity index (χ2v) is 6.41. The molecule has 0 aliphatic heterocycles. The van der Waals surface area contributed by atoms with Gasteiger partial charge in [0.2, 0.25) is 0 Å². The lowest BCUT2D eigenvalue weighted by Gasteiger charge is -2.11. The quantitative estimate of drug-likeness (QED) is 0.633. The van der Waals surface area contributed by atoms with Crippen LogP contribution in [0, 0.1) is 6.92 Å². The number of halogens is 2.